The Bertz CT molecular complexity index is 2090. The molecule has 0 aliphatic heterocycles. The number of rotatable bonds is 11. The number of halogens is 2. The molecule has 13 nitrogen and oxygen atoms in total. The van der Waals surface area contributed by atoms with Crippen LogP contribution in [0.3, 0.4) is 0 Å². The molecule has 0 radical (unpaired) electrons. The van der Waals surface area contributed by atoms with Crippen molar-refractivity contribution >= 4 is 81.7 Å². The number of aromatic hydroxyl groups is 1. The lowest BCUT2D eigenvalue weighted by Crippen LogP contribution is -2.29. The number of nitrogens with zero attached hydrogens (tertiary/aromatic N) is 2. The second kappa shape index (κ2) is 14.7. The Morgan fingerprint density at radius 1 is 0.939 bits per heavy atom. The van der Waals surface area contributed by atoms with Gasteiger partial charge in [-0.05, 0) is 48.0 Å². The van der Waals surface area contributed by atoms with Gasteiger partial charge in [0.25, 0.3) is 5.91 Å². The first-order valence-corrected chi connectivity index (χ1v) is 14.9. The van der Waals surface area contributed by atoms with Crippen LogP contribution in [0.2, 0.25) is 10.0 Å². The molecule has 1 aliphatic carbocycles. The molecule has 49 heavy (non-hydrogen) atoms. The molecule has 0 atom stereocenters. The Balaban J connectivity index is 1.26. The normalized spacial score (nSPS) is 13.3. The van der Waals surface area contributed by atoms with E-state index in [0.717, 1.165) is 6.08 Å². The minimum atomic E-state index is -0.777. The highest BCUT2D eigenvalue weighted by molar-refractivity contribution is 6.37. The standard InChI is InChI=1S/C34H25Cl2N5O8/c1-41(29-4-2-3-22-21(29)9-10-23(31(22)45)33(37)46)34(47)49-20-7-5-18(6-8-20)15-48-32-24(35)11-19(12-25(32)36)40-27-13-28(39-17-43)30(44)14-26(27)38-16-42/h2-14,16-17,45H,15H2,1H3,(H2,37,46)(H,38,42)(H,39,43). The van der Waals surface area contributed by atoms with Crippen molar-refractivity contribution < 1.29 is 38.6 Å². The van der Waals surface area contributed by atoms with Gasteiger partial charge >= 0.3 is 6.09 Å². The van der Waals surface area contributed by atoms with E-state index in [0.29, 0.717) is 34.8 Å². The van der Waals surface area contributed by atoms with Gasteiger partial charge in [-0.1, -0.05) is 53.5 Å². The summed E-state index contributed by atoms with van der Waals surface area (Å²) in [6.45, 7) is 0.0515. The van der Waals surface area contributed by atoms with Crippen LogP contribution in [-0.4, -0.2) is 48.5 Å². The molecule has 5 N–H and O–H groups in total. The first-order valence-electron chi connectivity index (χ1n) is 14.2. The number of nitrogens with one attached hydrogen (secondary N) is 2. The minimum absolute atomic E-state index is 0.0350. The minimum Gasteiger partial charge on any atom is -0.506 e. The molecule has 248 valence electrons. The summed E-state index contributed by atoms with van der Waals surface area (Å²) >= 11 is 12.9. The predicted octanol–water partition coefficient (Wildman–Crippen LogP) is 5.08. The largest absolute Gasteiger partial charge is 0.506 e. The number of carbonyl (C=O) groups is 5. The zero-order chi connectivity index (χ0) is 35.2. The van der Waals surface area contributed by atoms with Crippen molar-refractivity contribution in [2.45, 2.75) is 6.61 Å². The van der Waals surface area contributed by atoms with Crippen LogP contribution in [0.15, 0.2) is 95.3 Å². The fourth-order valence-electron chi connectivity index (χ4n) is 4.80. The number of allylic oxidation sites excluding steroid dienone is 2. The van der Waals surface area contributed by atoms with Gasteiger partial charge in [0.1, 0.15) is 18.1 Å². The van der Waals surface area contributed by atoms with E-state index in [9.17, 15) is 29.1 Å². The fourth-order valence-corrected chi connectivity index (χ4v) is 5.38. The van der Waals surface area contributed by atoms with Crippen LogP contribution in [0.1, 0.15) is 15.9 Å². The van der Waals surface area contributed by atoms with Gasteiger partial charge in [-0.15, -0.1) is 0 Å². The van der Waals surface area contributed by atoms with Crippen LogP contribution in [0, 0.1) is 0 Å². The average molecular weight is 703 g/mol. The van der Waals surface area contributed by atoms with Gasteiger partial charge in [0.15, 0.2) is 5.75 Å². The van der Waals surface area contributed by atoms with E-state index in [4.69, 9.17) is 38.4 Å². The molecule has 0 aromatic heterocycles. The summed E-state index contributed by atoms with van der Waals surface area (Å²) in [5, 5.41) is 16.3. The SMILES string of the molecule is CN(C(=O)Oc1ccc(COc2c(Cl)cc(N=C3C=C(NC=O)C(=O)C=C3NC=O)cc2Cl)cc1)c1cccc2c(O)c(C(N)=O)ccc12. The number of primary amides is 1. The van der Waals surface area contributed by atoms with E-state index in [1.807, 2.05) is 0 Å². The topological polar surface area (TPSA) is 190 Å². The molecule has 0 heterocycles. The maximum absolute atomic E-state index is 13.0. The van der Waals surface area contributed by atoms with E-state index in [-0.39, 0.29) is 62.3 Å². The molecule has 15 heteroatoms. The van der Waals surface area contributed by atoms with E-state index >= 15 is 0 Å². The summed E-state index contributed by atoms with van der Waals surface area (Å²) in [6.07, 6.45) is 2.44. The van der Waals surface area contributed by atoms with Crippen molar-refractivity contribution in [2.24, 2.45) is 10.7 Å². The van der Waals surface area contributed by atoms with E-state index in [2.05, 4.69) is 15.6 Å². The number of fused-ring (bicyclic) bond motifs is 1. The smallest absolute Gasteiger partial charge is 0.419 e. The third kappa shape index (κ3) is 7.53. The number of nitrogens with two attached hydrogens (primary N) is 1. The molecule has 0 spiro atoms. The lowest BCUT2D eigenvalue weighted by Gasteiger charge is -2.19. The zero-order valence-corrected chi connectivity index (χ0v) is 26.9. The summed E-state index contributed by atoms with van der Waals surface area (Å²) in [4.78, 5) is 64.3. The van der Waals surface area contributed by atoms with Gasteiger partial charge in [0, 0.05) is 23.9 Å². The molecule has 4 aromatic carbocycles. The van der Waals surface area contributed by atoms with Crippen LogP contribution in [-0.2, 0) is 21.0 Å². The molecule has 0 unspecified atom stereocenters. The predicted molar refractivity (Wildman–Crippen MR) is 182 cm³/mol. The maximum Gasteiger partial charge on any atom is 0.419 e. The summed E-state index contributed by atoms with van der Waals surface area (Å²) < 4.78 is 11.4. The molecule has 1 aliphatic rings. The summed E-state index contributed by atoms with van der Waals surface area (Å²) in [6, 6.07) is 17.3. The second-order valence-corrected chi connectivity index (χ2v) is 11.1. The summed E-state index contributed by atoms with van der Waals surface area (Å²) in [5.74, 6) is -1.16. The molecular weight excluding hydrogens is 677 g/mol. The Hall–Kier alpha value is -6.18. The van der Waals surface area contributed by atoms with Gasteiger partial charge in [-0.25, -0.2) is 9.79 Å². The van der Waals surface area contributed by atoms with Gasteiger partial charge in [0.05, 0.1) is 44.1 Å². The molecular formula is C34H25Cl2N5O8. The lowest BCUT2D eigenvalue weighted by molar-refractivity contribution is -0.114. The lowest BCUT2D eigenvalue weighted by atomic mass is 10.0. The Kier molecular flexibility index (Phi) is 10.3. The summed E-state index contributed by atoms with van der Waals surface area (Å²) in [7, 11) is 1.51. The molecule has 0 saturated carbocycles. The van der Waals surface area contributed by atoms with Crippen LogP contribution in [0.25, 0.3) is 10.8 Å². The number of anilines is 1. The van der Waals surface area contributed by atoms with Gasteiger partial charge in [-0.3, -0.25) is 24.1 Å². The third-order valence-corrected chi connectivity index (χ3v) is 7.74. The highest BCUT2D eigenvalue weighted by Crippen LogP contribution is 2.38. The second-order valence-electron chi connectivity index (χ2n) is 10.3. The van der Waals surface area contributed by atoms with Crippen molar-refractivity contribution in [3.8, 4) is 17.2 Å². The van der Waals surface area contributed by atoms with Gasteiger partial charge < -0.3 is 30.9 Å². The highest BCUT2D eigenvalue weighted by Gasteiger charge is 2.21. The number of ether oxygens (including phenoxy) is 2. The van der Waals surface area contributed by atoms with Crippen molar-refractivity contribution in [1.82, 2.24) is 10.6 Å². The number of phenols is 1. The first-order chi connectivity index (χ1) is 23.5. The fraction of sp³-hybridized carbons (Fsp3) is 0.0588. The number of hydrogen-bond donors (Lipinski definition) is 4. The van der Waals surface area contributed by atoms with Crippen LogP contribution in [0.4, 0.5) is 16.2 Å². The van der Waals surface area contributed by atoms with Crippen LogP contribution in [0.5, 0.6) is 17.2 Å². The Morgan fingerprint density at radius 2 is 1.61 bits per heavy atom. The molecule has 4 aromatic rings. The van der Waals surface area contributed by atoms with Crippen molar-refractivity contribution in [2.75, 3.05) is 11.9 Å². The van der Waals surface area contributed by atoms with Gasteiger partial charge in [0.2, 0.25) is 18.6 Å². The van der Waals surface area contributed by atoms with E-state index in [1.165, 1.54) is 36.2 Å². The highest BCUT2D eigenvalue weighted by atomic mass is 35.5. The molecule has 0 bridgehead atoms. The Labute approximate surface area is 288 Å². The van der Waals surface area contributed by atoms with Crippen LogP contribution < -0.4 is 30.7 Å². The first kappa shape index (κ1) is 34.2. The Morgan fingerprint density at radius 3 is 2.27 bits per heavy atom. The summed E-state index contributed by atoms with van der Waals surface area (Å²) in [5.41, 5.74) is 6.94. The number of hydrogen-bond acceptors (Lipinski definition) is 9. The van der Waals surface area contributed by atoms with Crippen LogP contribution >= 0.6 is 23.2 Å². The molecule has 4 amide bonds. The molecule has 0 saturated heterocycles. The van der Waals surface area contributed by atoms with E-state index in [1.54, 1.807) is 48.5 Å². The van der Waals surface area contributed by atoms with Crippen molar-refractivity contribution in [3.63, 3.8) is 0 Å². The third-order valence-electron chi connectivity index (χ3n) is 7.18. The zero-order valence-electron chi connectivity index (χ0n) is 25.4. The number of carbonyl (C=O) groups excluding carboxylic acids is 5. The molecule has 0 fully saturated rings. The van der Waals surface area contributed by atoms with Crippen molar-refractivity contribution in [1.29, 1.82) is 0 Å². The number of aliphatic imine (C=N–C) groups is 1. The quantitative estimate of drug-likeness (QED) is 0.123. The van der Waals surface area contributed by atoms with E-state index < -0.39 is 17.8 Å². The number of benzene rings is 4. The van der Waals surface area contributed by atoms with Gasteiger partial charge in [-0.2, -0.15) is 0 Å². The molecule has 5 rings (SSSR count). The number of amides is 4. The maximum atomic E-state index is 13.0. The average Bonchev–Trinajstić information content (AvgIpc) is 3.06. The number of ketones is 1. The monoisotopic (exact) mass is 701 g/mol. The van der Waals surface area contributed by atoms with Crippen molar-refractivity contribution in [3.05, 3.63) is 111 Å².